The van der Waals surface area contributed by atoms with Crippen LogP contribution in [0, 0.1) is 0 Å². The van der Waals surface area contributed by atoms with Crippen molar-refractivity contribution >= 4 is 27.9 Å². The van der Waals surface area contributed by atoms with E-state index in [0.29, 0.717) is 19.3 Å². The van der Waals surface area contributed by atoms with E-state index in [-0.39, 0.29) is 30.3 Å². The summed E-state index contributed by atoms with van der Waals surface area (Å²) in [6.07, 6.45) is 3.05. The molecule has 4 rings (SSSR count). The molecule has 3 aromatic rings. The number of nitrogens with two attached hydrogens (primary N) is 1. The summed E-state index contributed by atoms with van der Waals surface area (Å²) < 4.78 is 15.4. The van der Waals surface area contributed by atoms with Gasteiger partial charge in [0.2, 0.25) is 5.91 Å². The lowest BCUT2D eigenvalue weighted by Gasteiger charge is -2.28. The lowest BCUT2D eigenvalue weighted by Crippen LogP contribution is -2.30. The van der Waals surface area contributed by atoms with Crippen LogP contribution in [-0.2, 0) is 24.3 Å². The number of aryl methyl sites for hydroxylation is 1. The molecule has 2 N–H and O–H groups in total. The number of aromatic nitrogens is 3. The normalized spacial score (nSPS) is 14.3. The second-order valence-electron chi connectivity index (χ2n) is 6.77. The number of carbonyl (C=O) groups is 1. The Morgan fingerprint density at radius 1 is 1.21 bits per heavy atom. The highest BCUT2D eigenvalue weighted by atomic mass is 32.1. The molecule has 1 aliphatic heterocycles. The molecular weight excluding hydrogens is 393 g/mol. The first-order valence-electron chi connectivity index (χ1n) is 9.20. The molecule has 0 radical (unpaired) electrons. The molecule has 1 aliphatic rings. The van der Waals surface area contributed by atoms with Gasteiger partial charge in [-0.3, -0.25) is 14.3 Å². The second-order valence-corrected chi connectivity index (χ2v) is 7.92. The summed E-state index contributed by atoms with van der Waals surface area (Å²) in [5.41, 5.74) is 7.45. The van der Waals surface area contributed by atoms with E-state index in [9.17, 15) is 14.0 Å². The van der Waals surface area contributed by atoms with Crippen molar-refractivity contribution in [3.8, 4) is 0 Å². The quantitative estimate of drug-likeness (QED) is 0.673. The van der Waals surface area contributed by atoms with E-state index in [1.54, 1.807) is 4.90 Å². The highest BCUT2D eigenvalue weighted by Gasteiger charge is 2.26. The summed E-state index contributed by atoms with van der Waals surface area (Å²) in [5.74, 6) is 0.0643. The molecular formula is C20H20FN5O2S. The van der Waals surface area contributed by atoms with Gasteiger partial charge in [-0.1, -0.05) is 18.2 Å². The summed E-state index contributed by atoms with van der Waals surface area (Å²) in [7, 11) is 0. The molecule has 3 heterocycles. The van der Waals surface area contributed by atoms with Crippen molar-refractivity contribution in [2.75, 3.05) is 11.4 Å². The lowest BCUT2D eigenvalue weighted by atomic mass is 10.0. The molecule has 0 unspecified atom stereocenters. The number of carbonyl (C=O) groups excluding carboxylic acids is 1. The molecule has 0 saturated heterocycles. The average molecular weight is 413 g/mol. The van der Waals surface area contributed by atoms with Gasteiger partial charge in [-0.15, -0.1) is 11.3 Å². The minimum Gasteiger partial charge on any atom is -0.327 e. The van der Waals surface area contributed by atoms with Gasteiger partial charge < -0.3 is 5.73 Å². The van der Waals surface area contributed by atoms with E-state index in [4.69, 9.17) is 5.73 Å². The highest BCUT2D eigenvalue weighted by Crippen LogP contribution is 2.37. The third-order valence-electron chi connectivity index (χ3n) is 4.85. The first kappa shape index (κ1) is 19.3. The zero-order valence-electron chi connectivity index (χ0n) is 15.6. The maximum absolute atomic E-state index is 12.7. The second kappa shape index (κ2) is 8.14. The van der Waals surface area contributed by atoms with Crippen molar-refractivity contribution in [1.82, 2.24) is 14.3 Å². The van der Waals surface area contributed by atoms with Crippen LogP contribution >= 0.6 is 11.3 Å². The Kier molecular flexibility index (Phi) is 5.41. The van der Waals surface area contributed by atoms with E-state index in [1.807, 2.05) is 36.4 Å². The van der Waals surface area contributed by atoms with Crippen molar-refractivity contribution < 1.29 is 9.18 Å². The molecule has 9 heteroatoms. The van der Waals surface area contributed by atoms with Gasteiger partial charge in [0.25, 0.3) is 0 Å². The Hall–Kier alpha value is -3.04. The van der Waals surface area contributed by atoms with Crippen LogP contribution < -0.4 is 16.3 Å². The van der Waals surface area contributed by atoms with Crippen LogP contribution in [0.2, 0.25) is 0 Å². The first-order valence-corrected chi connectivity index (χ1v) is 10.0. The topological polar surface area (TPSA) is 86.2 Å². The van der Waals surface area contributed by atoms with Crippen LogP contribution in [0.15, 0.2) is 59.4 Å². The van der Waals surface area contributed by atoms with Crippen LogP contribution in [0.4, 0.5) is 15.1 Å². The Labute approximate surface area is 170 Å². The molecule has 150 valence electrons. The predicted octanol–water partition coefficient (Wildman–Crippen LogP) is 2.58. The van der Waals surface area contributed by atoms with Gasteiger partial charge in [-0.2, -0.15) is 5.10 Å². The van der Waals surface area contributed by atoms with Crippen molar-refractivity contribution in [2.45, 2.75) is 25.9 Å². The Morgan fingerprint density at radius 3 is 2.83 bits per heavy atom. The van der Waals surface area contributed by atoms with Gasteiger partial charge in [0, 0.05) is 17.8 Å². The summed E-state index contributed by atoms with van der Waals surface area (Å²) in [5, 5.41) is 4.85. The van der Waals surface area contributed by atoms with Gasteiger partial charge >= 0.3 is 5.69 Å². The fourth-order valence-corrected chi connectivity index (χ4v) is 4.37. The summed E-state index contributed by atoms with van der Waals surface area (Å²) in [4.78, 5) is 27.7. The number of thiophene rings is 1. The number of anilines is 2. The molecule has 0 aliphatic carbocycles. The number of rotatable bonds is 6. The third-order valence-corrected chi connectivity index (χ3v) is 5.91. The van der Waals surface area contributed by atoms with Crippen LogP contribution in [0.5, 0.6) is 0 Å². The number of hydrogen-bond acceptors (Lipinski definition) is 5. The molecule has 2 aromatic heterocycles. The molecule has 7 nitrogen and oxygen atoms in total. The number of para-hydroxylation sites is 1. The molecule has 1 aromatic carbocycles. The molecule has 29 heavy (non-hydrogen) atoms. The fourth-order valence-electron chi connectivity index (χ4n) is 3.33. The van der Waals surface area contributed by atoms with Crippen molar-refractivity contribution in [3.05, 3.63) is 75.6 Å². The number of halogens is 1. The Morgan fingerprint density at radius 2 is 2.03 bits per heavy atom. The van der Waals surface area contributed by atoms with Gasteiger partial charge in [-0.05, 0) is 35.8 Å². The van der Waals surface area contributed by atoms with E-state index < -0.39 is 0 Å². The van der Waals surface area contributed by atoms with E-state index in [0.717, 1.165) is 27.5 Å². The molecule has 0 spiro atoms. The monoisotopic (exact) mass is 413 g/mol. The van der Waals surface area contributed by atoms with Crippen LogP contribution in [-0.4, -0.2) is 26.8 Å². The first-order chi connectivity index (χ1) is 14.1. The van der Waals surface area contributed by atoms with Crippen LogP contribution in [0.3, 0.4) is 0 Å². The molecule has 1 amide bonds. The molecule has 0 fully saturated rings. The van der Waals surface area contributed by atoms with Crippen LogP contribution in [0.25, 0.3) is 0 Å². The average Bonchev–Trinajstić information content (AvgIpc) is 3.33. The van der Waals surface area contributed by atoms with Crippen molar-refractivity contribution in [2.24, 2.45) is 5.73 Å². The van der Waals surface area contributed by atoms with Gasteiger partial charge in [0.15, 0.2) is 0 Å². The molecule has 0 bridgehead atoms. The van der Waals surface area contributed by atoms with Crippen LogP contribution in [0.1, 0.15) is 16.9 Å². The summed E-state index contributed by atoms with van der Waals surface area (Å²) >= 11 is 1.46. The van der Waals surface area contributed by atoms with Gasteiger partial charge in [0.05, 0.1) is 25.1 Å². The van der Waals surface area contributed by atoms with Gasteiger partial charge in [0.1, 0.15) is 11.3 Å². The standard InChI is InChI=1S/C20H20FN5O2S/c21-9-14(10-22)11-25-20(28)24(13-23-25)12-16-6-8-19(29-16)26-17-4-2-1-3-15(17)5-7-18(26)27/h1-4,6,8-9,13H,5,7,10-12,22H2/b14-9+. The maximum atomic E-state index is 12.7. The van der Waals surface area contributed by atoms with Crippen molar-refractivity contribution in [1.29, 1.82) is 0 Å². The minimum atomic E-state index is -0.341. The third kappa shape index (κ3) is 3.79. The SMILES string of the molecule is NC/C(=C\F)Cn1ncn(Cc2ccc(N3C(=O)CCc4ccccc43)s2)c1=O. The zero-order chi connectivity index (χ0) is 20.4. The van der Waals surface area contributed by atoms with E-state index in [2.05, 4.69) is 5.10 Å². The number of benzene rings is 1. The minimum absolute atomic E-state index is 0.0214. The number of fused-ring (bicyclic) bond motifs is 1. The number of nitrogens with zero attached hydrogens (tertiary/aromatic N) is 4. The Bertz CT molecular complexity index is 1130. The number of hydrogen-bond donors (Lipinski definition) is 1. The van der Waals surface area contributed by atoms with E-state index >= 15 is 0 Å². The number of amides is 1. The Balaban J connectivity index is 1.56. The van der Waals surface area contributed by atoms with Gasteiger partial charge in [-0.25, -0.2) is 13.9 Å². The summed E-state index contributed by atoms with van der Waals surface area (Å²) in [6.45, 7) is 0.369. The summed E-state index contributed by atoms with van der Waals surface area (Å²) in [6, 6.07) is 11.7. The predicted molar refractivity (Wildman–Crippen MR) is 110 cm³/mol. The zero-order valence-corrected chi connectivity index (χ0v) is 16.4. The largest absolute Gasteiger partial charge is 0.346 e. The highest BCUT2D eigenvalue weighted by molar-refractivity contribution is 7.16. The smallest absolute Gasteiger partial charge is 0.327 e. The van der Waals surface area contributed by atoms with E-state index in [1.165, 1.54) is 26.9 Å². The maximum Gasteiger partial charge on any atom is 0.346 e. The molecule has 0 atom stereocenters. The lowest BCUT2D eigenvalue weighted by molar-refractivity contribution is -0.118. The fraction of sp³-hybridized carbons (Fsp3) is 0.250. The molecule has 0 saturated carbocycles. The van der Waals surface area contributed by atoms with Crippen molar-refractivity contribution in [3.63, 3.8) is 0 Å².